The molecule has 6 nitrogen and oxygen atoms in total. The molecule has 0 aliphatic carbocycles. The van der Waals surface area contributed by atoms with E-state index in [1.54, 1.807) is 49.4 Å². The standard InChI is InChI=1S/C12H11IN4O2/c1-8(9-3-5-14-6-4-9)16-19-12(18)11-10(13)7-17(2)15-11/h3-7H,1-2H3/b16-8+. The van der Waals surface area contributed by atoms with Crippen LogP contribution in [0.25, 0.3) is 0 Å². The number of hydrogen-bond acceptors (Lipinski definition) is 5. The Balaban J connectivity index is 2.10. The number of oxime groups is 1. The Hall–Kier alpha value is -1.77. The van der Waals surface area contributed by atoms with Crippen LogP contribution in [0.2, 0.25) is 0 Å². The zero-order valence-electron chi connectivity index (χ0n) is 10.4. The van der Waals surface area contributed by atoms with Crippen LogP contribution in [0.5, 0.6) is 0 Å². The molecule has 0 amide bonds. The normalized spacial score (nSPS) is 11.4. The van der Waals surface area contributed by atoms with Crippen LogP contribution in [0.4, 0.5) is 0 Å². The maximum atomic E-state index is 11.8. The number of nitrogens with zero attached hydrogens (tertiary/aromatic N) is 4. The molecular weight excluding hydrogens is 359 g/mol. The smallest absolute Gasteiger partial charge is 0.311 e. The second-order valence-corrected chi connectivity index (χ2v) is 4.95. The summed E-state index contributed by atoms with van der Waals surface area (Å²) in [4.78, 5) is 20.6. The van der Waals surface area contributed by atoms with Crippen LogP contribution in [0, 0.1) is 3.57 Å². The molecule has 2 aromatic rings. The highest BCUT2D eigenvalue weighted by molar-refractivity contribution is 14.1. The molecule has 98 valence electrons. The van der Waals surface area contributed by atoms with Gasteiger partial charge in [0.15, 0.2) is 5.69 Å². The second-order valence-electron chi connectivity index (χ2n) is 3.79. The van der Waals surface area contributed by atoms with E-state index >= 15 is 0 Å². The molecule has 2 rings (SSSR count). The third-order valence-electron chi connectivity index (χ3n) is 2.34. The van der Waals surface area contributed by atoms with E-state index in [9.17, 15) is 4.79 Å². The van der Waals surface area contributed by atoms with Gasteiger partial charge >= 0.3 is 5.97 Å². The Morgan fingerprint density at radius 2 is 2.11 bits per heavy atom. The lowest BCUT2D eigenvalue weighted by atomic mass is 10.2. The van der Waals surface area contributed by atoms with E-state index in [2.05, 4.69) is 15.2 Å². The number of halogens is 1. The molecule has 0 saturated carbocycles. The summed E-state index contributed by atoms with van der Waals surface area (Å²) in [5, 5.41) is 7.82. The SMILES string of the molecule is C/C(=N\OC(=O)c1nn(C)cc1I)c1ccncc1. The van der Waals surface area contributed by atoms with Crippen molar-refractivity contribution in [1.82, 2.24) is 14.8 Å². The first kappa shape index (κ1) is 13.7. The molecular formula is C12H11IN4O2. The highest BCUT2D eigenvalue weighted by Crippen LogP contribution is 2.11. The van der Waals surface area contributed by atoms with Crippen LogP contribution in [0.3, 0.4) is 0 Å². The van der Waals surface area contributed by atoms with Gasteiger partial charge in [0.1, 0.15) is 0 Å². The Morgan fingerprint density at radius 1 is 1.42 bits per heavy atom. The van der Waals surface area contributed by atoms with Crippen molar-refractivity contribution < 1.29 is 9.63 Å². The molecule has 0 aromatic carbocycles. The molecule has 0 unspecified atom stereocenters. The summed E-state index contributed by atoms with van der Waals surface area (Å²) in [5.41, 5.74) is 1.70. The maximum Gasteiger partial charge on any atom is 0.386 e. The number of aromatic nitrogens is 3. The van der Waals surface area contributed by atoms with E-state index in [4.69, 9.17) is 4.84 Å². The number of aryl methyl sites for hydroxylation is 1. The molecule has 7 heteroatoms. The summed E-state index contributed by atoms with van der Waals surface area (Å²) in [6.07, 6.45) is 5.03. The molecule has 0 N–H and O–H groups in total. The van der Waals surface area contributed by atoms with Gasteiger partial charge in [-0.2, -0.15) is 5.10 Å². The van der Waals surface area contributed by atoms with Crippen molar-refractivity contribution in [3.05, 3.63) is 45.6 Å². The van der Waals surface area contributed by atoms with E-state index in [1.165, 1.54) is 0 Å². The monoisotopic (exact) mass is 370 g/mol. The third-order valence-corrected chi connectivity index (χ3v) is 3.13. The fraction of sp³-hybridized carbons (Fsp3) is 0.167. The number of carbonyl (C=O) groups is 1. The molecule has 0 spiro atoms. The number of rotatable bonds is 3. The predicted octanol–water partition coefficient (Wildman–Crippen LogP) is 2.00. The van der Waals surface area contributed by atoms with Crippen LogP contribution in [0.15, 0.2) is 35.9 Å². The van der Waals surface area contributed by atoms with Gasteiger partial charge in [0.2, 0.25) is 0 Å². The molecule has 0 aliphatic heterocycles. The van der Waals surface area contributed by atoms with Gasteiger partial charge < -0.3 is 4.84 Å². The van der Waals surface area contributed by atoms with E-state index in [-0.39, 0.29) is 5.69 Å². The van der Waals surface area contributed by atoms with Crippen LogP contribution in [-0.4, -0.2) is 26.4 Å². The van der Waals surface area contributed by atoms with E-state index in [1.807, 2.05) is 22.6 Å². The van der Waals surface area contributed by atoms with Crippen LogP contribution in [0.1, 0.15) is 23.0 Å². The summed E-state index contributed by atoms with van der Waals surface area (Å²) in [7, 11) is 1.74. The number of hydrogen-bond donors (Lipinski definition) is 0. The Bertz CT molecular complexity index is 622. The first-order valence-corrected chi connectivity index (χ1v) is 6.51. The van der Waals surface area contributed by atoms with Crippen molar-refractivity contribution in [2.45, 2.75) is 6.92 Å². The topological polar surface area (TPSA) is 69.4 Å². The average molecular weight is 370 g/mol. The first-order chi connectivity index (χ1) is 9.08. The summed E-state index contributed by atoms with van der Waals surface area (Å²) in [6, 6.07) is 3.58. The highest BCUT2D eigenvalue weighted by Gasteiger charge is 2.16. The fourth-order valence-corrected chi connectivity index (χ4v) is 2.13. The zero-order valence-corrected chi connectivity index (χ0v) is 12.5. The van der Waals surface area contributed by atoms with Gasteiger partial charge in [-0.05, 0) is 41.6 Å². The lowest BCUT2D eigenvalue weighted by Crippen LogP contribution is -2.06. The summed E-state index contributed by atoms with van der Waals surface area (Å²) >= 11 is 2.02. The highest BCUT2D eigenvalue weighted by atomic mass is 127. The van der Waals surface area contributed by atoms with Crippen molar-refractivity contribution in [3.8, 4) is 0 Å². The van der Waals surface area contributed by atoms with E-state index in [0.717, 1.165) is 9.13 Å². The van der Waals surface area contributed by atoms with Crippen LogP contribution >= 0.6 is 22.6 Å². The molecule has 0 bridgehead atoms. The first-order valence-electron chi connectivity index (χ1n) is 5.43. The lowest BCUT2D eigenvalue weighted by Gasteiger charge is -1.99. The largest absolute Gasteiger partial charge is 0.386 e. The van der Waals surface area contributed by atoms with Gasteiger partial charge in [-0.3, -0.25) is 9.67 Å². The van der Waals surface area contributed by atoms with Gasteiger partial charge in [-0.15, -0.1) is 0 Å². The fourth-order valence-electron chi connectivity index (χ4n) is 1.40. The molecule has 0 saturated heterocycles. The van der Waals surface area contributed by atoms with Crippen LogP contribution < -0.4 is 0 Å². The van der Waals surface area contributed by atoms with Crippen molar-refractivity contribution in [3.63, 3.8) is 0 Å². The summed E-state index contributed by atoms with van der Waals surface area (Å²) < 4.78 is 2.28. The Kier molecular flexibility index (Phi) is 4.25. The lowest BCUT2D eigenvalue weighted by molar-refractivity contribution is 0.0507. The minimum atomic E-state index is -0.571. The zero-order chi connectivity index (χ0) is 13.8. The quantitative estimate of drug-likeness (QED) is 0.359. The molecule has 2 aromatic heterocycles. The van der Waals surface area contributed by atoms with Gasteiger partial charge in [0.05, 0.1) is 9.28 Å². The van der Waals surface area contributed by atoms with Crippen molar-refractivity contribution in [2.75, 3.05) is 0 Å². The van der Waals surface area contributed by atoms with Crippen molar-refractivity contribution in [2.24, 2.45) is 12.2 Å². The van der Waals surface area contributed by atoms with Gasteiger partial charge in [-0.1, -0.05) is 5.16 Å². The summed E-state index contributed by atoms with van der Waals surface area (Å²) in [5.74, 6) is -0.571. The molecule has 19 heavy (non-hydrogen) atoms. The molecule has 2 heterocycles. The summed E-state index contributed by atoms with van der Waals surface area (Å²) in [6.45, 7) is 1.76. The molecule has 0 fully saturated rings. The molecule has 0 aliphatic rings. The maximum absolute atomic E-state index is 11.8. The number of carbonyl (C=O) groups excluding carboxylic acids is 1. The predicted molar refractivity (Wildman–Crippen MR) is 77.8 cm³/mol. The Labute approximate surface area is 123 Å². The Morgan fingerprint density at radius 3 is 2.68 bits per heavy atom. The minimum Gasteiger partial charge on any atom is -0.311 e. The van der Waals surface area contributed by atoms with Gasteiger partial charge in [0.25, 0.3) is 0 Å². The van der Waals surface area contributed by atoms with E-state index in [0.29, 0.717) is 5.71 Å². The van der Waals surface area contributed by atoms with E-state index < -0.39 is 5.97 Å². The third kappa shape index (κ3) is 3.37. The molecule has 0 atom stereocenters. The van der Waals surface area contributed by atoms with Gasteiger partial charge in [-0.25, -0.2) is 4.79 Å². The van der Waals surface area contributed by atoms with Crippen molar-refractivity contribution >= 4 is 34.3 Å². The average Bonchev–Trinajstić information content (AvgIpc) is 2.75. The number of pyridine rings is 1. The molecule has 0 radical (unpaired) electrons. The second kappa shape index (κ2) is 5.91. The van der Waals surface area contributed by atoms with Crippen molar-refractivity contribution in [1.29, 1.82) is 0 Å². The minimum absolute atomic E-state index is 0.259. The van der Waals surface area contributed by atoms with Gasteiger partial charge in [0, 0.05) is 31.2 Å². The van der Waals surface area contributed by atoms with Crippen LogP contribution in [-0.2, 0) is 11.9 Å².